The van der Waals surface area contributed by atoms with Crippen molar-refractivity contribution in [3.8, 4) is 22.8 Å². The van der Waals surface area contributed by atoms with Crippen molar-refractivity contribution >= 4 is 23.2 Å². The van der Waals surface area contributed by atoms with Crippen LogP contribution < -0.4 is 14.8 Å². The number of hydrogen-bond donors (Lipinski definition) is 1. The van der Waals surface area contributed by atoms with Crippen LogP contribution in [-0.2, 0) is 6.42 Å². The molecule has 0 fully saturated rings. The number of nitrogens with zero attached hydrogens (tertiary/aromatic N) is 1. The van der Waals surface area contributed by atoms with Gasteiger partial charge in [-0.05, 0) is 48.9 Å². The third-order valence-corrected chi connectivity index (χ3v) is 4.63. The molecule has 3 aromatic rings. The second-order valence-electron chi connectivity index (χ2n) is 6.33. The van der Waals surface area contributed by atoms with Crippen molar-refractivity contribution in [2.75, 3.05) is 12.4 Å². The molecule has 1 N–H and O–H groups in total. The van der Waals surface area contributed by atoms with Gasteiger partial charge < -0.3 is 19.3 Å². The van der Waals surface area contributed by atoms with Crippen LogP contribution in [0, 0.1) is 0 Å². The smallest absolute Gasteiger partial charge is 0.277 e. The summed E-state index contributed by atoms with van der Waals surface area (Å²) in [6.45, 7) is 2.03. The van der Waals surface area contributed by atoms with Gasteiger partial charge in [0.1, 0.15) is 17.6 Å². The van der Waals surface area contributed by atoms with Crippen molar-refractivity contribution in [1.29, 1.82) is 0 Å². The van der Waals surface area contributed by atoms with Gasteiger partial charge in [-0.1, -0.05) is 16.8 Å². The summed E-state index contributed by atoms with van der Waals surface area (Å²) in [6.07, 6.45) is 1.02. The minimum Gasteiger partial charge on any atom is -0.495 e. The number of halogens is 1. The van der Waals surface area contributed by atoms with E-state index >= 15 is 0 Å². The van der Waals surface area contributed by atoms with Gasteiger partial charge in [0.15, 0.2) is 11.5 Å². The SMILES string of the molecule is COc1ccc(NC(=O)c2cc(-c3ccc4c(c3)C[C@@H](C)O4)on2)cc1Cl. The van der Waals surface area contributed by atoms with Crippen molar-refractivity contribution in [2.45, 2.75) is 19.4 Å². The summed E-state index contributed by atoms with van der Waals surface area (Å²) in [7, 11) is 1.53. The van der Waals surface area contributed by atoms with Gasteiger partial charge in [-0.2, -0.15) is 0 Å². The summed E-state index contributed by atoms with van der Waals surface area (Å²) < 4.78 is 16.2. The van der Waals surface area contributed by atoms with Crippen LogP contribution in [0.4, 0.5) is 5.69 Å². The molecule has 138 valence electrons. The minimum atomic E-state index is -0.385. The number of nitrogens with one attached hydrogen (secondary N) is 1. The van der Waals surface area contributed by atoms with E-state index in [1.165, 1.54) is 7.11 Å². The minimum absolute atomic E-state index is 0.169. The molecule has 1 aromatic heterocycles. The molecular formula is C20H17ClN2O4. The van der Waals surface area contributed by atoms with Crippen LogP contribution in [0.1, 0.15) is 23.0 Å². The molecule has 0 saturated heterocycles. The summed E-state index contributed by atoms with van der Waals surface area (Å²) >= 11 is 6.08. The van der Waals surface area contributed by atoms with E-state index in [9.17, 15) is 4.79 Å². The Morgan fingerprint density at radius 1 is 1.26 bits per heavy atom. The maximum Gasteiger partial charge on any atom is 0.277 e. The van der Waals surface area contributed by atoms with Gasteiger partial charge in [0.05, 0.1) is 12.1 Å². The highest BCUT2D eigenvalue weighted by Gasteiger charge is 2.21. The topological polar surface area (TPSA) is 73.6 Å². The normalized spacial score (nSPS) is 15.1. The number of rotatable bonds is 4. The summed E-state index contributed by atoms with van der Waals surface area (Å²) in [5.74, 6) is 1.56. The highest BCUT2D eigenvalue weighted by molar-refractivity contribution is 6.32. The van der Waals surface area contributed by atoms with Crippen LogP contribution in [0.5, 0.6) is 11.5 Å². The van der Waals surface area contributed by atoms with E-state index in [4.69, 9.17) is 25.6 Å². The molecule has 4 rings (SSSR count). The van der Waals surface area contributed by atoms with E-state index in [-0.39, 0.29) is 17.7 Å². The number of fused-ring (bicyclic) bond motifs is 1. The maximum absolute atomic E-state index is 12.4. The average Bonchev–Trinajstić information content (AvgIpc) is 3.27. The van der Waals surface area contributed by atoms with Gasteiger partial charge in [0.2, 0.25) is 0 Å². The lowest BCUT2D eigenvalue weighted by Crippen LogP contribution is -2.12. The number of benzene rings is 2. The van der Waals surface area contributed by atoms with Crippen molar-refractivity contribution in [3.63, 3.8) is 0 Å². The van der Waals surface area contributed by atoms with Crippen molar-refractivity contribution in [2.24, 2.45) is 0 Å². The Balaban J connectivity index is 1.52. The second-order valence-corrected chi connectivity index (χ2v) is 6.74. The fraction of sp³-hybridized carbons (Fsp3) is 0.200. The zero-order chi connectivity index (χ0) is 19.0. The van der Waals surface area contributed by atoms with Gasteiger partial charge in [0.25, 0.3) is 5.91 Å². The molecule has 1 aliphatic rings. The van der Waals surface area contributed by atoms with Crippen LogP contribution in [0.15, 0.2) is 47.0 Å². The number of ether oxygens (including phenoxy) is 2. The van der Waals surface area contributed by atoms with E-state index in [0.717, 1.165) is 23.3 Å². The van der Waals surface area contributed by atoms with Crippen molar-refractivity contribution in [3.05, 3.63) is 58.7 Å². The average molecular weight is 385 g/mol. The first-order chi connectivity index (χ1) is 13.0. The van der Waals surface area contributed by atoms with E-state index in [1.807, 2.05) is 25.1 Å². The molecule has 6 nitrogen and oxygen atoms in total. The van der Waals surface area contributed by atoms with Gasteiger partial charge in [-0.3, -0.25) is 4.79 Å². The molecule has 0 bridgehead atoms. The monoisotopic (exact) mass is 384 g/mol. The van der Waals surface area contributed by atoms with Crippen molar-refractivity contribution < 1.29 is 18.8 Å². The molecule has 2 aromatic carbocycles. The molecular weight excluding hydrogens is 368 g/mol. The number of carbonyl (C=O) groups is 1. The van der Waals surface area contributed by atoms with Crippen LogP contribution in [-0.4, -0.2) is 24.3 Å². The van der Waals surface area contributed by atoms with E-state index in [1.54, 1.807) is 24.3 Å². The Kier molecular flexibility index (Phi) is 4.49. The predicted octanol–water partition coefficient (Wildman–Crippen LogP) is 4.58. The third-order valence-electron chi connectivity index (χ3n) is 4.33. The Morgan fingerprint density at radius 2 is 2.11 bits per heavy atom. The second kappa shape index (κ2) is 6.96. The first-order valence-corrected chi connectivity index (χ1v) is 8.83. The summed E-state index contributed by atoms with van der Waals surface area (Å²) in [4.78, 5) is 12.4. The molecule has 2 heterocycles. The van der Waals surface area contributed by atoms with E-state index in [0.29, 0.717) is 22.2 Å². The molecule has 1 aliphatic heterocycles. The maximum atomic E-state index is 12.4. The molecule has 0 unspecified atom stereocenters. The Morgan fingerprint density at radius 3 is 2.89 bits per heavy atom. The van der Waals surface area contributed by atoms with E-state index in [2.05, 4.69) is 10.5 Å². The largest absolute Gasteiger partial charge is 0.495 e. The van der Waals surface area contributed by atoms with Crippen LogP contribution in [0.3, 0.4) is 0 Å². The number of hydrogen-bond acceptors (Lipinski definition) is 5. The zero-order valence-corrected chi connectivity index (χ0v) is 15.5. The first-order valence-electron chi connectivity index (χ1n) is 8.45. The van der Waals surface area contributed by atoms with Crippen LogP contribution >= 0.6 is 11.6 Å². The lowest BCUT2D eigenvalue weighted by atomic mass is 10.1. The number of amides is 1. The number of methoxy groups -OCH3 is 1. The molecule has 7 heteroatoms. The fourth-order valence-electron chi connectivity index (χ4n) is 3.03. The first kappa shape index (κ1) is 17.4. The third kappa shape index (κ3) is 3.48. The molecule has 0 saturated carbocycles. The van der Waals surface area contributed by atoms with Crippen molar-refractivity contribution in [1.82, 2.24) is 5.16 Å². The standard InChI is InChI=1S/C20H17ClN2O4/c1-11-7-13-8-12(3-5-17(13)26-11)19-10-16(23-27-19)20(24)22-14-4-6-18(25-2)15(21)9-14/h3-6,8-11H,7H2,1-2H3,(H,22,24)/t11-/m1/s1. The zero-order valence-electron chi connectivity index (χ0n) is 14.8. The number of anilines is 1. The summed E-state index contributed by atoms with van der Waals surface area (Å²) in [5, 5.41) is 7.03. The van der Waals surface area contributed by atoms with Crippen LogP contribution in [0.25, 0.3) is 11.3 Å². The van der Waals surface area contributed by atoms with E-state index < -0.39 is 0 Å². The lowest BCUT2D eigenvalue weighted by molar-refractivity contribution is 0.101. The highest BCUT2D eigenvalue weighted by atomic mass is 35.5. The summed E-state index contributed by atoms with van der Waals surface area (Å²) in [5.41, 5.74) is 2.70. The Labute approximate surface area is 161 Å². The summed E-state index contributed by atoms with van der Waals surface area (Å²) in [6, 6.07) is 12.4. The highest BCUT2D eigenvalue weighted by Crippen LogP contribution is 2.33. The van der Waals surface area contributed by atoms with Gasteiger partial charge in [-0.15, -0.1) is 0 Å². The Bertz CT molecular complexity index is 1010. The Hall–Kier alpha value is -2.99. The number of carbonyl (C=O) groups excluding carboxylic acids is 1. The number of aromatic nitrogens is 1. The fourth-order valence-corrected chi connectivity index (χ4v) is 3.29. The molecule has 0 radical (unpaired) electrons. The molecule has 27 heavy (non-hydrogen) atoms. The quantitative estimate of drug-likeness (QED) is 0.712. The van der Waals surface area contributed by atoms with Gasteiger partial charge in [-0.25, -0.2) is 0 Å². The predicted molar refractivity (Wildman–Crippen MR) is 102 cm³/mol. The lowest BCUT2D eigenvalue weighted by Gasteiger charge is -2.06. The molecule has 0 spiro atoms. The van der Waals surface area contributed by atoms with Gasteiger partial charge in [0, 0.05) is 23.7 Å². The molecule has 0 aliphatic carbocycles. The van der Waals surface area contributed by atoms with Gasteiger partial charge >= 0.3 is 0 Å². The van der Waals surface area contributed by atoms with Crippen LogP contribution in [0.2, 0.25) is 5.02 Å². The molecule has 1 amide bonds. The molecule has 1 atom stereocenters.